The molecule has 2 aromatic rings. The van der Waals surface area contributed by atoms with Gasteiger partial charge in [0.05, 0.1) is 24.8 Å². The summed E-state index contributed by atoms with van der Waals surface area (Å²) in [4.78, 5) is 57.0. The first kappa shape index (κ1) is 30.7. The molecular weight excluding hydrogens is 560 g/mol. The SMILES string of the molecule is CC1(O)C(OC(=O)c2ccccc2)C=NOC1C1C(NC(=O)Cc2ccccc2)C(=O)N1NC(=O)OCC[Si](C)(C)C. The fraction of sp³-hybridized carbons (Fsp3) is 0.414. The van der Waals surface area contributed by atoms with E-state index in [1.165, 1.54) is 6.92 Å². The largest absolute Gasteiger partial charge is 0.450 e. The maximum atomic E-state index is 13.2. The Balaban J connectivity index is 1.52. The van der Waals surface area contributed by atoms with Crippen molar-refractivity contribution in [2.75, 3.05) is 6.61 Å². The molecule has 0 bridgehead atoms. The lowest BCUT2D eigenvalue weighted by molar-refractivity contribution is -0.207. The van der Waals surface area contributed by atoms with Crippen LogP contribution >= 0.6 is 0 Å². The lowest BCUT2D eigenvalue weighted by Gasteiger charge is -2.52. The van der Waals surface area contributed by atoms with Crippen LogP contribution in [0.25, 0.3) is 0 Å². The Kier molecular flexibility index (Phi) is 9.32. The zero-order valence-corrected chi connectivity index (χ0v) is 25.0. The Morgan fingerprint density at radius 2 is 1.71 bits per heavy atom. The zero-order valence-electron chi connectivity index (χ0n) is 24.0. The second kappa shape index (κ2) is 12.7. The molecule has 3 amide bonds. The molecule has 224 valence electrons. The third kappa shape index (κ3) is 7.34. The molecule has 2 aromatic carbocycles. The molecule has 42 heavy (non-hydrogen) atoms. The van der Waals surface area contributed by atoms with Crippen LogP contribution in [-0.2, 0) is 30.3 Å². The molecule has 1 fully saturated rings. The van der Waals surface area contributed by atoms with Crippen molar-refractivity contribution in [2.24, 2.45) is 5.16 Å². The first-order valence-corrected chi connectivity index (χ1v) is 17.3. The minimum absolute atomic E-state index is 0.000878. The van der Waals surface area contributed by atoms with E-state index >= 15 is 0 Å². The zero-order chi connectivity index (χ0) is 30.5. The van der Waals surface area contributed by atoms with E-state index in [0.717, 1.165) is 22.8 Å². The summed E-state index contributed by atoms with van der Waals surface area (Å²) < 4.78 is 10.8. The van der Waals surface area contributed by atoms with Crippen LogP contribution in [0.15, 0.2) is 65.8 Å². The molecule has 4 rings (SSSR count). The fourth-order valence-electron chi connectivity index (χ4n) is 4.57. The standard InChI is InChI=1S/C29H36N4O8Si/c1-29(38)21(40-27(36)20-13-9-6-10-14-20)18-30-41-25(29)24-23(31-22(34)17-19-11-7-5-8-12-19)26(35)33(24)32-28(37)39-15-16-42(2,3)4/h5-14,18,21,23-25,38H,15-17H2,1-4H3,(H,31,34)(H,32,37). The summed E-state index contributed by atoms with van der Waals surface area (Å²) in [5, 5.41) is 19.1. The van der Waals surface area contributed by atoms with Gasteiger partial charge in [0.15, 0.2) is 12.2 Å². The number of aliphatic hydroxyl groups is 1. The normalized spacial score (nSPS) is 25.1. The van der Waals surface area contributed by atoms with Crippen molar-refractivity contribution < 1.29 is 38.6 Å². The molecule has 5 unspecified atom stereocenters. The molecule has 0 aromatic heterocycles. The number of hydrogen-bond acceptors (Lipinski definition) is 9. The topological polar surface area (TPSA) is 156 Å². The molecule has 0 radical (unpaired) electrons. The van der Waals surface area contributed by atoms with E-state index in [1.807, 2.05) is 6.07 Å². The lowest BCUT2D eigenvalue weighted by Crippen LogP contribution is -2.81. The van der Waals surface area contributed by atoms with Crippen molar-refractivity contribution in [3.63, 3.8) is 0 Å². The van der Waals surface area contributed by atoms with Crippen molar-refractivity contribution in [1.82, 2.24) is 15.8 Å². The van der Waals surface area contributed by atoms with Gasteiger partial charge in [0.2, 0.25) is 5.91 Å². The van der Waals surface area contributed by atoms with E-state index in [2.05, 4.69) is 35.5 Å². The minimum Gasteiger partial charge on any atom is -0.450 e. The molecule has 0 saturated carbocycles. The van der Waals surface area contributed by atoms with Crippen LogP contribution in [0.3, 0.4) is 0 Å². The smallest absolute Gasteiger partial charge is 0.426 e. The van der Waals surface area contributed by atoms with Crippen molar-refractivity contribution >= 4 is 38.2 Å². The summed E-state index contributed by atoms with van der Waals surface area (Å²) in [7, 11) is -1.48. The number of hydrogen-bond donors (Lipinski definition) is 3. The molecule has 1 saturated heterocycles. The van der Waals surface area contributed by atoms with Crippen molar-refractivity contribution in [3.05, 3.63) is 71.8 Å². The molecule has 2 aliphatic heterocycles. The number of carbonyl (C=O) groups is 4. The Hall–Kier alpha value is -4.23. The van der Waals surface area contributed by atoms with Gasteiger partial charge in [-0.15, -0.1) is 0 Å². The minimum atomic E-state index is -1.93. The molecule has 5 atom stereocenters. The van der Waals surface area contributed by atoms with Crippen LogP contribution in [0.5, 0.6) is 0 Å². The summed E-state index contributed by atoms with van der Waals surface area (Å²) in [6.45, 7) is 7.94. The van der Waals surface area contributed by atoms with Crippen molar-refractivity contribution in [3.8, 4) is 0 Å². The van der Waals surface area contributed by atoms with Crippen LogP contribution in [0.1, 0.15) is 22.8 Å². The third-order valence-electron chi connectivity index (χ3n) is 7.04. The Labute approximate surface area is 245 Å². The molecule has 0 aliphatic carbocycles. The van der Waals surface area contributed by atoms with E-state index in [0.29, 0.717) is 0 Å². The number of nitrogens with one attached hydrogen (secondary N) is 2. The van der Waals surface area contributed by atoms with Gasteiger partial charge in [-0.25, -0.2) is 20.0 Å². The number of oxime groups is 1. The first-order chi connectivity index (χ1) is 19.9. The van der Waals surface area contributed by atoms with Gasteiger partial charge in [-0.05, 0) is 30.7 Å². The third-order valence-corrected chi connectivity index (χ3v) is 8.74. The number of β-lactam (4-membered cyclic amide) rings is 1. The van der Waals surface area contributed by atoms with Gasteiger partial charge in [0.1, 0.15) is 17.7 Å². The number of ether oxygens (including phenoxy) is 2. The second-order valence-electron chi connectivity index (χ2n) is 11.7. The van der Waals surface area contributed by atoms with Crippen LogP contribution in [-0.4, -0.2) is 84.8 Å². The molecule has 3 N–H and O–H groups in total. The second-order valence-corrected chi connectivity index (χ2v) is 17.3. The van der Waals surface area contributed by atoms with E-state index in [4.69, 9.17) is 14.3 Å². The summed E-state index contributed by atoms with van der Waals surface area (Å²) >= 11 is 0. The predicted octanol–water partition coefficient (Wildman–Crippen LogP) is 2.27. The lowest BCUT2D eigenvalue weighted by atomic mass is 9.80. The summed E-state index contributed by atoms with van der Waals surface area (Å²) in [5.41, 5.74) is 1.48. The van der Waals surface area contributed by atoms with Crippen LogP contribution < -0.4 is 10.7 Å². The van der Waals surface area contributed by atoms with E-state index in [1.54, 1.807) is 54.6 Å². The highest BCUT2D eigenvalue weighted by Crippen LogP contribution is 2.34. The molecule has 0 spiro atoms. The number of benzene rings is 2. The van der Waals surface area contributed by atoms with Crippen LogP contribution in [0, 0.1) is 0 Å². The predicted molar refractivity (Wildman–Crippen MR) is 155 cm³/mol. The highest BCUT2D eigenvalue weighted by atomic mass is 28.3. The summed E-state index contributed by atoms with van der Waals surface area (Å²) in [5.74, 6) is -1.80. The number of nitrogens with zero attached hydrogens (tertiary/aromatic N) is 2. The molecule has 2 heterocycles. The van der Waals surface area contributed by atoms with Crippen LogP contribution in [0.4, 0.5) is 4.79 Å². The van der Waals surface area contributed by atoms with E-state index < -0.39 is 61.8 Å². The number of esters is 1. The van der Waals surface area contributed by atoms with Crippen molar-refractivity contribution in [1.29, 1.82) is 0 Å². The van der Waals surface area contributed by atoms with E-state index in [-0.39, 0.29) is 18.6 Å². The van der Waals surface area contributed by atoms with Gasteiger partial charge in [-0.3, -0.25) is 9.59 Å². The van der Waals surface area contributed by atoms with E-state index in [9.17, 15) is 24.3 Å². The number of amides is 3. The quantitative estimate of drug-likeness (QED) is 0.214. The maximum Gasteiger partial charge on any atom is 0.426 e. The Morgan fingerprint density at radius 1 is 1.07 bits per heavy atom. The number of hydrazine groups is 1. The van der Waals surface area contributed by atoms with Gasteiger partial charge < -0.3 is 24.7 Å². The molecular formula is C29H36N4O8Si. The van der Waals surface area contributed by atoms with Gasteiger partial charge in [-0.1, -0.05) is 73.3 Å². The number of carbonyl (C=O) groups excluding carboxylic acids is 4. The van der Waals surface area contributed by atoms with Gasteiger partial charge in [-0.2, -0.15) is 0 Å². The highest BCUT2D eigenvalue weighted by molar-refractivity contribution is 6.76. The van der Waals surface area contributed by atoms with Crippen molar-refractivity contribution in [2.45, 2.75) is 68.9 Å². The van der Waals surface area contributed by atoms with Gasteiger partial charge in [0, 0.05) is 8.07 Å². The monoisotopic (exact) mass is 596 g/mol. The first-order valence-electron chi connectivity index (χ1n) is 13.6. The average Bonchev–Trinajstić information content (AvgIpc) is 2.94. The van der Waals surface area contributed by atoms with Gasteiger partial charge >= 0.3 is 12.1 Å². The summed E-state index contributed by atoms with van der Waals surface area (Å²) in [6, 6.07) is 15.6. The fourth-order valence-corrected chi connectivity index (χ4v) is 5.29. The highest BCUT2D eigenvalue weighted by Gasteiger charge is 2.62. The van der Waals surface area contributed by atoms with Gasteiger partial charge in [0.25, 0.3) is 5.91 Å². The number of rotatable bonds is 10. The molecule has 13 heteroatoms. The molecule has 12 nitrogen and oxygen atoms in total. The summed E-state index contributed by atoms with van der Waals surface area (Å²) in [6.07, 6.45) is -2.32. The van der Waals surface area contributed by atoms with Crippen LogP contribution in [0.2, 0.25) is 25.7 Å². The molecule has 2 aliphatic rings. The average molecular weight is 597 g/mol. The Bertz CT molecular complexity index is 1320. The Morgan fingerprint density at radius 3 is 2.36 bits per heavy atom. The maximum absolute atomic E-state index is 13.2.